The predicted octanol–water partition coefficient (Wildman–Crippen LogP) is 5.79. The summed E-state index contributed by atoms with van der Waals surface area (Å²) in [7, 11) is 1.57. The summed E-state index contributed by atoms with van der Waals surface area (Å²) in [5, 5.41) is 0.884. The highest BCUT2D eigenvalue weighted by Gasteiger charge is 2.28. The summed E-state index contributed by atoms with van der Waals surface area (Å²) < 4.78 is 25.0. The fourth-order valence-corrected chi connectivity index (χ4v) is 4.04. The molecule has 1 amide bonds. The van der Waals surface area contributed by atoms with Crippen LogP contribution in [0.5, 0.6) is 5.75 Å². The number of rotatable bonds is 3. The molecule has 3 aromatic rings. The number of H-pyrrole nitrogens is 1. The molecule has 2 aromatic heterocycles. The third kappa shape index (κ3) is 4.33. The van der Waals surface area contributed by atoms with Crippen LogP contribution in [0.2, 0.25) is 0 Å². The number of benzene rings is 1. The molecular weight excluding hydrogens is 409 g/mol. The van der Waals surface area contributed by atoms with Crippen LogP contribution in [-0.2, 0) is 4.74 Å². The zero-order valence-electron chi connectivity index (χ0n) is 19.0. The molecule has 1 unspecified atom stereocenters. The fourth-order valence-electron chi connectivity index (χ4n) is 4.04. The van der Waals surface area contributed by atoms with Gasteiger partial charge in [-0.15, -0.1) is 0 Å². The summed E-state index contributed by atoms with van der Waals surface area (Å²) in [5.41, 5.74) is 3.74. The normalized spacial score (nSPS) is 16.8. The highest BCUT2D eigenvalue weighted by atomic mass is 19.1. The van der Waals surface area contributed by atoms with Crippen LogP contribution in [0.25, 0.3) is 27.7 Å². The van der Waals surface area contributed by atoms with Gasteiger partial charge in [-0.25, -0.2) is 14.2 Å². The van der Waals surface area contributed by atoms with Crippen LogP contribution in [0.3, 0.4) is 0 Å². The molecule has 1 N–H and O–H groups in total. The zero-order chi connectivity index (χ0) is 23.0. The zero-order valence-corrected chi connectivity index (χ0v) is 19.0. The highest BCUT2D eigenvalue weighted by molar-refractivity contribution is 5.96. The SMILES string of the molecule is COc1ccc(F)cc1-c1ccnc2[nH]c(C3=CC(C)N(C(=O)OC(C)(C)C)CC3)cc12. The lowest BCUT2D eigenvalue weighted by atomic mass is 9.99. The maximum atomic E-state index is 14.0. The van der Waals surface area contributed by atoms with Gasteiger partial charge in [0, 0.05) is 29.4 Å². The third-order valence-electron chi connectivity index (χ3n) is 5.51. The standard InChI is InChI=1S/C25H28FN3O3/c1-15-12-16(9-11-29(15)24(30)32-25(2,3)4)21-14-20-18(8-10-27-23(20)28-21)19-13-17(26)6-7-22(19)31-5/h6-8,10,12-15H,9,11H2,1-5H3,(H,27,28). The molecular formula is C25H28FN3O3. The van der Waals surface area contributed by atoms with E-state index < -0.39 is 5.60 Å². The van der Waals surface area contributed by atoms with Gasteiger partial charge in [0.2, 0.25) is 0 Å². The van der Waals surface area contributed by atoms with Crippen molar-refractivity contribution in [2.75, 3.05) is 13.7 Å². The Labute approximate surface area is 187 Å². The summed E-state index contributed by atoms with van der Waals surface area (Å²) in [5.74, 6) is 0.271. The minimum absolute atomic E-state index is 0.101. The first-order valence-electron chi connectivity index (χ1n) is 10.7. The fraction of sp³-hybridized carbons (Fsp3) is 0.360. The maximum absolute atomic E-state index is 14.0. The van der Waals surface area contributed by atoms with Gasteiger partial charge in [-0.1, -0.05) is 6.08 Å². The molecule has 3 heterocycles. The lowest BCUT2D eigenvalue weighted by molar-refractivity contribution is 0.0209. The Hall–Kier alpha value is -3.35. The molecule has 0 saturated carbocycles. The number of aromatic nitrogens is 2. The van der Waals surface area contributed by atoms with Crippen LogP contribution in [0.4, 0.5) is 9.18 Å². The van der Waals surface area contributed by atoms with E-state index in [9.17, 15) is 9.18 Å². The Balaban J connectivity index is 1.68. The Morgan fingerprint density at radius 3 is 2.69 bits per heavy atom. The first-order chi connectivity index (χ1) is 15.2. The van der Waals surface area contributed by atoms with E-state index in [0.29, 0.717) is 29.9 Å². The molecule has 1 aromatic carbocycles. The van der Waals surface area contributed by atoms with Crippen molar-refractivity contribution in [2.45, 2.75) is 45.8 Å². The molecule has 0 spiro atoms. The molecule has 32 heavy (non-hydrogen) atoms. The molecule has 1 atom stereocenters. The largest absolute Gasteiger partial charge is 0.496 e. The summed E-state index contributed by atoms with van der Waals surface area (Å²) >= 11 is 0. The summed E-state index contributed by atoms with van der Waals surface area (Å²) in [6.07, 6.45) is 4.15. The number of halogens is 1. The highest BCUT2D eigenvalue weighted by Crippen LogP contribution is 2.37. The number of carbonyl (C=O) groups excluding carboxylic acids is 1. The van der Waals surface area contributed by atoms with Gasteiger partial charge >= 0.3 is 6.09 Å². The molecule has 1 aliphatic rings. The number of aromatic amines is 1. The third-order valence-corrected chi connectivity index (χ3v) is 5.51. The van der Waals surface area contributed by atoms with Gasteiger partial charge in [0.05, 0.1) is 13.2 Å². The number of hydrogen-bond donors (Lipinski definition) is 1. The number of fused-ring (bicyclic) bond motifs is 1. The van der Waals surface area contributed by atoms with Crippen molar-refractivity contribution < 1.29 is 18.7 Å². The number of nitrogens with one attached hydrogen (secondary N) is 1. The second-order valence-electron chi connectivity index (χ2n) is 9.00. The van der Waals surface area contributed by atoms with E-state index in [4.69, 9.17) is 9.47 Å². The first kappa shape index (κ1) is 21.9. The van der Waals surface area contributed by atoms with Crippen LogP contribution in [0.15, 0.2) is 42.6 Å². The van der Waals surface area contributed by atoms with E-state index in [1.165, 1.54) is 12.1 Å². The Morgan fingerprint density at radius 1 is 1.22 bits per heavy atom. The lowest BCUT2D eigenvalue weighted by Crippen LogP contribution is -2.43. The number of ether oxygens (including phenoxy) is 2. The predicted molar refractivity (Wildman–Crippen MR) is 123 cm³/mol. The van der Waals surface area contributed by atoms with Crippen molar-refractivity contribution in [3.63, 3.8) is 0 Å². The summed E-state index contributed by atoms with van der Waals surface area (Å²) in [6, 6.07) is 8.27. The second-order valence-corrected chi connectivity index (χ2v) is 9.00. The number of pyridine rings is 1. The molecule has 4 rings (SSSR count). The van der Waals surface area contributed by atoms with Gasteiger partial charge in [0.25, 0.3) is 0 Å². The Bertz CT molecular complexity index is 1190. The van der Waals surface area contributed by atoms with Crippen LogP contribution < -0.4 is 4.74 Å². The summed E-state index contributed by atoms with van der Waals surface area (Å²) in [6.45, 7) is 8.14. The van der Waals surface area contributed by atoms with E-state index >= 15 is 0 Å². The first-order valence-corrected chi connectivity index (χ1v) is 10.7. The van der Waals surface area contributed by atoms with Gasteiger partial charge in [-0.3, -0.25) is 0 Å². The van der Waals surface area contributed by atoms with Crippen LogP contribution in [0.1, 0.15) is 39.8 Å². The van der Waals surface area contributed by atoms with Crippen LogP contribution >= 0.6 is 0 Å². The average Bonchev–Trinajstić information content (AvgIpc) is 3.16. The van der Waals surface area contributed by atoms with Crippen molar-refractivity contribution in [1.82, 2.24) is 14.9 Å². The monoisotopic (exact) mass is 437 g/mol. The Morgan fingerprint density at radius 2 is 2.00 bits per heavy atom. The number of amides is 1. The molecule has 1 aliphatic heterocycles. The molecule has 0 saturated heterocycles. The topological polar surface area (TPSA) is 67.5 Å². The lowest BCUT2D eigenvalue weighted by Gasteiger charge is -2.33. The number of carbonyl (C=O) groups is 1. The van der Waals surface area contributed by atoms with Gasteiger partial charge in [-0.2, -0.15) is 0 Å². The van der Waals surface area contributed by atoms with Gasteiger partial charge < -0.3 is 19.4 Å². The van der Waals surface area contributed by atoms with Crippen LogP contribution in [0, 0.1) is 5.82 Å². The van der Waals surface area contributed by atoms with Gasteiger partial charge in [0.1, 0.15) is 22.8 Å². The molecule has 168 valence electrons. The maximum Gasteiger partial charge on any atom is 0.410 e. The van der Waals surface area contributed by atoms with E-state index in [0.717, 1.165) is 22.2 Å². The van der Waals surface area contributed by atoms with E-state index in [-0.39, 0.29) is 18.0 Å². The van der Waals surface area contributed by atoms with E-state index in [2.05, 4.69) is 16.0 Å². The van der Waals surface area contributed by atoms with Crippen molar-refractivity contribution in [2.24, 2.45) is 0 Å². The molecule has 0 aliphatic carbocycles. The molecule has 6 nitrogen and oxygen atoms in total. The van der Waals surface area contributed by atoms with E-state index in [1.54, 1.807) is 24.3 Å². The van der Waals surface area contributed by atoms with Crippen molar-refractivity contribution in [1.29, 1.82) is 0 Å². The molecule has 0 bridgehead atoms. The van der Waals surface area contributed by atoms with Crippen LogP contribution in [-0.4, -0.2) is 46.3 Å². The quantitative estimate of drug-likeness (QED) is 0.563. The Kier molecular flexibility index (Phi) is 5.67. The van der Waals surface area contributed by atoms with E-state index in [1.807, 2.05) is 39.8 Å². The van der Waals surface area contributed by atoms with Crippen molar-refractivity contribution in [3.8, 4) is 16.9 Å². The molecule has 0 fully saturated rings. The van der Waals surface area contributed by atoms with Gasteiger partial charge in [0.15, 0.2) is 0 Å². The van der Waals surface area contributed by atoms with Crippen molar-refractivity contribution >= 4 is 22.7 Å². The smallest absolute Gasteiger partial charge is 0.410 e. The average molecular weight is 438 g/mol. The van der Waals surface area contributed by atoms with Gasteiger partial charge in [-0.05, 0) is 75.6 Å². The molecule has 7 heteroatoms. The second kappa shape index (κ2) is 8.30. The minimum Gasteiger partial charge on any atom is -0.496 e. The summed E-state index contributed by atoms with van der Waals surface area (Å²) in [4.78, 5) is 22.1. The number of nitrogens with zero attached hydrogens (tertiary/aromatic N) is 2. The van der Waals surface area contributed by atoms with Crippen molar-refractivity contribution in [3.05, 3.63) is 54.1 Å². The minimum atomic E-state index is -0.530. The molecule has 0 radical (unpaired) electrons. The number of methoxy groups -OCH3 is 1. The number of hydrogen-bond acceptors (Lipinski definition) is 4.